The lowest BCUT2D eigenvalue weighted by atomic mass is 10.0. The first kappa shape index (κ1) is 13.4. The second kappa shape index (κ2) is 5.05. The fraction of sp³-hybridized carbons (Fsp3) is 0.533. The predicted molar refractivity (Wildman–Crippen MR) is 71.6 cm³/mol. The minimum absolute atomic E-state index is 0.0244. The maximum atomic E-state index is 13.3. The summed E-state index contributed by atoms with van der Waals surface area (Å²) in [7, 11) is 2.13. The normalized spacial score (nSPS) is 29.4. The molecular weight excluding hydrogens is 261 g/mol. The van der Waals surface area contributed by atoms with Crippen molar-refractivity contribution in [3.8, 4) is 5.75 Å². The van der Waals surface area contributed by atoms with E-state index in [-0.39, 0.29) is 17.4 Å². The van der Waals surface area contributed by atoms with Crippen LogP contribution in [0.15, 0.2) is 18.2 Å². The first-order chi connectivity index (χ1) is 9.54. The van der Waals surface area contributed by atoms with E-state index in [0.29, 0.717) is 12.1 Å². The van der Waals surface area contributed by atoms with Crippen LogP contribution in [-0.2, 0) is 0 Å². The Morgan fingerprint density at radius 1 is 1.35 bits per heavy atom. The number of benzene rings is 1. The van der Waals surface area contributed by atoms with Crippen LogP contribution in [0.4, 0.5) is 4.39 Å². The molecule has 0 aromatic heterocycles. The number of carboxylic acids is 1. The summed E-state index contributed by atoms with van der Waals surface area (Å²) in [6.07, 6.45) is 4.06. The van der Waals surface area contributed by atoms with Gasteiger partial charge in [0.05, 0.1) is 0 Å². The van der Waals surface area contributed by atoms with E-state index in [1.807, 2.05) is 0 Å². The van der Waals surface area contributed by atoms with E-state index >= 15 is 0 Å². The van der Waals surface area contributed by atoms with Crippen molar-refractivity contribution >= 4 is 5.97 Å². The zero-order valence-electron chi connectivity index (χ0n) is 11.4. The van der Waals surface area contributed by atoms with Crippen molar-refractivity contribution in [3.05, 3.63) is 29.6 Å². The number of hydrogen-bond donors (Lipinski definition) is 1. The number of rotatable bonds is 3. The molecule has 2 aliphatic heterocycles. The molecule has 108 valence electrons. The minimum atomic E-state index is -1.09. The third kappa shape index (κ3) is 2.38. The highest BCUT2D eigenvalue weighted by atomic mass is 19.1. The van der Waals surface area contributed by atoms with E-state index in [1.54, 1.807) is 0 Å². The molecule has 1 unspecified atom stereocenters. The molecule has 2 aliphatic rings. The Labute approximate surface area is 117 Å². The molecule has 2 bridgehead atoms. The molecule has 1 aromatic rings. The molecule has 2 saturated heterocycles. The van der Waals surface area contributed by atoms with E-state index in [1.165, 1.54) is 12.1 Å². The summed E-state index contributed by atoms with van der Waals surface area (Å²) in [5, 5.41) is 9.13. The molecule has 3 atom stereocenters. The summed E-state index contributed by atoms with van der Waals surface area (Å²) >= 11 is 0. The molecular formula is C15H18FNO3. The van der Waals surface area contributed by atoms with Crippen LogP contribution in [0.1, 0.15) is 36.0 Å². The van der Waals surface area contributed by atoms with Crippen LogP contribution in [0, 0.1) is 5.82 Å². The molecule has 4 nitrogen and oxygen atoms in total. The van der Waals surface area contributed by atoms with Gasteiger partial charge >= 0.3 is 5.97 Å². The summed E-state index contributed by atoms with van der Waals surface area (Å²) in [5.41, 5.74) is 0.0256. The van der Waals surface area contributed by atoms with Crippen molar-refractivity contribution in [1.29, 1.82) is 0 Å². The summed E-state index contributed by atoms with van der Waals surface area (Å²) < 4.78 is 19.1. The smallest absolute Gasteiger partial charge is 0.339 e. The summed E-state index contributed by atoms with van der Waals surface area (Å²) in [6, 6.07) is 4.58. The SMILES string of the molecule is CN1[C@@H]2CC[C@H]1CC(Oc1cc(F)ccc1C(=O)O)C2. The Hall–Kier alpha value is -1.62. The molecule has 0 spiro atoms. The number of halogens is 1. The number of aromatic carboxylic acids is 1. The Balaban J connectivity index is 1.78. The number of hydrogen-bond acceptors (Lipinski definition) is 3. The van der Waals surface area contributed by atoms with E-state index < -0.39 is 11.8 Å². The molecule has 20 heavy (non-hydrogen) atoms. The molecule has 0 aliphatic carbocycles. The first-order valence-corrected chi connectivity index (χ1v) is 6.96. The molecule has 0 amide bonds. The quantitative estimate of drug-likeness (QED) is 0.923. The average molecular weight is 279 g/mol. The van der Waals surface area contributed by atoms with Crippen LogP contribution in [0.2, 0.25) is 0 Å². The molecule has 2 fully saturated rings. The van der Waals surface area contributed by atoms with Crippen molar-refractivity contribution in [1.82, 2.24) is 4.90 Å². The molecule has 3 rings (SSSR count). The minimum Gasteiger partial charge on any atom is -0.489 e. The van der Waals surface area contributed by atoms with Crippen LogP contribution >= 0.6 is 0 Å². The standard InChI is InChI=1S/C15H18FNO3/c1-17-10-3-4-11(17)8-12(7-10)20-14-6-9(16)2-5-13(14)15(18)19/h2,5-6,10-12H,3-4,7-8H2,1H3,(H,18,19)/t10-,11+,12?. The van der Waals surface area contributed by atoms with Gasteiger partial charge in [0, 0.05) is 18.2 Å². The lowest BCUT2D eigenvalue weighted by Gasteiger charge is -2.36. The van der Waals surface area contributed by atoms with E-state index in [4.69, 9.17) is 9.84 Å². The highest BCUT2D eigenvalue weighted by Crippen LogP contribution is 2.36. The Bertz CT molecular complexity index is 520. The zero-order chi connectivity index (χ0) is 14.3. The number of carbonyl (C=O) groups is 1. The van der Waals surface area contributed by atoms with E-state index in [2.05, 4.69) is 11.9 Å². The second-order valence-corrected chi connectivity index (χ2v) is 5.71. The fourth-order valence-corrected chi connectivity index (χ4v) is 3.41. The van der Waals surface area contributed by atoms with Gasteiger partial charge < -0.3 is 14.7 Å². The number of piperidine rings is 1. The highest BCUT2D eigenvalue weighted by molar-refractivity contribution is 5.90. The average Bonchev–Trinajstić information content (AvgIpc) is 2.62. The van der Waals surface area contributed by atoms with Crippen LogP contribution in [-0.4, -0.2) is 41.2 Å². The van der Waals surface area contributed by atoms with Gasteiger partial charge in [-0.3, -0.25) is 0 Å². The molecule has 1 N–H and O–H groups in total. The third-order valence-corrected chi connectivity index (χ3v) is 4.52. The summed E-state index contributed by atoms with van der Waals surface area (Å²) in [6.45, 7) is 0. The van der Waals surface area contributed by atoms with Crippen LogP contribution in [0.25, 0.3) is 0 Å². The maximum Gasteiger partial charge on any atom is 0.339 e. The van der Waals surface area contributed by atoms with Gasteiger partial charge in [0.1, 0.15) is 23.2 Å². The van der Waals surface area contributed by atoms with Crippen molar-refractivity contribution < 1.29 is 19.0 Å². The lowest BCUT2D eigenvalue weighted by molar-refractivity contribution is 0.0605. The van der Waals surface area contributed by atoms with Crippen molar-refractivity contribution in [2.45, 2.75) is 43.9 Å². The third-order valence-electron chi connectivity index (χ3n) is 4.52. The largest absolute Gasteiger partial charge is 0.489 e. The monoisotopic (exact) mass is 279 g/mol. The Morgan fingerprint density at radius 3 is 2.60 bits per heavy atom. The molecule has 0 saturated carbocycles. The van der Waals surface area contributed by atoms with Gasteiger partial charge in [0.25, 0.3) is 0 Å². The van der Waals surface area contributed by atoms with E-state index in [0.717, 1.165) is 31.7 Å². The highest BCUT2D eigenvalue weighted by Gasteiger charge is 2.39. The van der Waals surface area contributed by atoms with Gasteiger partial charge in [0.2, 0.25) is 0 Å². The van der Waals surface area contributed by atoms with Gasteiger partial charge in [-0.25, -0.2) is 9.18 Å². The van der Waals surface area contributed by atoms with Crippen LogP contribution in [0.3, 0.4) is 0 Å². The van der Waals surface area contributed by atoms with Gasteiger partial charge in [0.15, 0.2) is 0 Å². The fourth-order valence-electron chi connectivity index (χ4n) is 3.41. The predicted octanol–water partition coefficient (Wildman–Crippen LogP) is 2.53. The molecule has 5 heteroatoms. The van der Waals surface area contributed by atoms with Gasteiger partial charge in [-0.15, -0.1) is 0 Å². The molecule has 0 radical (unpaired) electrons. The number of carboxylic acid groups (broad SMARTS) is 1. The maximum absolute atomic E-state index is 13.3. The number of fused-ring (bicyclic) bond motifs is 2. The van der Waals surface area contributed by atoms with E-state index in [9.17, 15) is 9.18 Å². The summed E-state index contributed by atoms with van der Waals surface area (Å²) in [5.74, 6) is -1.41. The Morgan fingerprint density at radius 2 is 2.00 bits per heavy atom. The summed E-state index contributed by atoms with van der Waals surface area (Å²) in [4.78, 5) is 13.5. The first-order valence-electron chi connectivity index (χ1n) is 6.96. The van der Waals surface area contributed by atoms with Crippen molar-refractivity contribution in [2.75, 3.05) is 7.05 Å². The van der Waals surface area contributed by atoms with Crippen LogP contribution in [0.5, 0.6) is 5.75 Å². The number of nitrogens with zero attached hydrogens (tertiary/aromatic N) is 1. The number of ether oxygens (including phenoxy) is 1. The Kier molecular flexibility index (Phi) is 3.38. The molecule has 1 aromatic carbocycles. The van der Waals surface area contributed by atoms with Gasteiger partial charge in [-0.1, -0.05) is 0 Å². The van der Waals surface area contributed by atoms with Crippen molar-refractivity contribution in [2.24, 2.45) is 0 Å². The lowest BCUT2D eigenvalue weighted by Crippen LogP contribution is -2.43. The second-order valence-electron chi connectivity index (χ2n) is 5.71. The van der Waals surface area contributed by atoms with Gasteiger partial charge in [-0.2, -0.15) is 0 Å². The van der Waals surface area contributed by atoms with Crippen molar-refractivity contribution in [3.63, 3.8) is 0 Å². The molecule has 2 heterocycles. The van der Waals surface area contributed by atoms with Crippen LogP contribution < -0.4 is 4.74 Å². The van der Waals surface area contributed by atoms with Gasteiger partial charge in [-0.05, 0) is 44.9 Å². The topological polar surface area (TPSA) is 49.8 Å². The zero-order valence-corrected chi connectivity index (χ0v) is 11.4.